The number of piperidine rings is 1. The molecular weight excluding hydrogens is 284 g/mol. The molecule has 1 fully saturated rings. The highest BCUT2D eigenvalue weighted by molar-refractivity contribution is 6.30. The van der Waals surface area contributed by atoms with Crippen LogP contribution in [0.4, 0.5) is 5.69 Å². The van der Waals surface area contributed by atoms with Gasteiger partial charge in [-0.15, -0.1) is 0 Å². The Hall–Kier alpha value is -0.770. The molecule has 1 saturated heterocycles. The highest BCUT2D eigenvalue weighted by Crippen LogP contribution is 2.23. The molecule has 4 heteroatoms. The lowest BCUT2D eigenvalue weighted by atomic mass is 9.89. The van der Waals surface area contributed by atoms with Crippen molar-refractivity contribution in [1.29, 1.82) is 0 Å². The second-order valence-electron chi connectivity index (χ2n) is 6.76. The van der Waals surface area contributed by atoms with Gasteiger partial charge in [0.15, 0.2) is 0 Å². The van der Waals surface area contributed by atoms with E-state index in [2.05, 4.69) is 36.2 Å². The van der Waals surface area contributed by atoms with Crippen LogP contribution in [0.5, 0.6) is 0 Å². The molecule has 1 aromatic carbocycles. The molecule has 0 spiro atoms. The van der Waals surface area contributed by atoms with Gasteiger partial charge in [-0.25, -0.2) is 0 Å². The Balaban J connectivity index is 1.77. The number of aliphatic hydroxyl groups excluding tert-OH is 1. The number of benzene rings is 1. The van der Waals surface area contributed by atoms with E-state index in [4.69, 9.17) is 16.7 Å². The van der Waals surface area contributed by atoms with Gasteiger partial charge in [0.2, 0.25) is 0 Å². The molecule has 0 bridgehead atoms. The van der Waals surface area contributed by atoms with Crippen molar-refractivity contribution in [3.63, 3.8) is 0 Å². The van der Waals surface area contributed by atoms with Crippen LogP contribution in [0.1, 0.15) is 33.1 Å². The summed E-state index contributed by atoms with van der Waals surface area (Å²) in [6.45, 7) is 7.82. The molecule has 1 aliphatic heterocycles. The lowest BCUT2D eigenvalue weighted by Gasteiger charge is -2.36. The molecule has 1 aliphatic rings. The summed E-state index contributed by atoms with van der Waals surface area (Å²) < 4.78 is 0. The van der Waals surface area contributed by atoms with Crippen LogP contribution < -0.4 is 10.2 Å². The average molecular weight is 311 g/mol. The van der Waals surface area contributed by atoms with E-state index in [1.54, 1.807) is 0 Å². The minimum Gasteiger partial charge on any atom is -0.396 e. The van der Waals surface area contributed by atoms with Gasteiger partial charge in [0.1, 0.15) is 0 Å². The van der Waals surface area contributed by atoms with Crippen molar-refractivity contribution in [1.82, 2.24) is 5.32 Å². The minimum absolute atomic E-state index is 0.169. The van der Waals surface area contributed by atoms with E-state index in [0.29, 0.717) is 6.04 Å². The van der Waals surface area contributed by atoms with Crippen LogP contribution in [0.2, 0.25) is 5.02 Å². The van der Waals surface area contributed by atoms with Gasteiger partial charge in [0.05, 0.1) is 0 Å². The van der Waals surface area contributed by atoms with Gasteiger partial charge in [-0.05, 0) is 48.9 Å². The number of nitrogens with zero attached hydrogens (tertiary/aromatic N) is 1. The average Bonchev–Trinajstić information content (AvgIpc) is 2.47. The maximum Gasteiger partial charge on any atom is 0.0436 e. The van der Waals surface area contributed by atoms with Gasteiger partial charge < -0.3 is 15.3 Å². The van der Waals surface area contributed by atoms with Crippen molar-refractivity contribution in [2.45, 2.75) is 39.2 Å². The van der Waals surface area contributed by atoms with Crippen LogP contribution in [0.3, 0.4) is 0 Å². The Kier molecular flexibility index (Phi) is 5.91. The number of hydrogen-bond donors (Lipinski definition) is 2. The first-order valence-electron chi connectivity index (χ1n) is 7.85. The van der Waals surface area contributed by atoms with E-state index in [9.17, 15) is 0 Å². The van der Waals surface area contributed by atoms with Gasteiger partial charge in [-0.1, -0.05) is 25.4 Å². The second kappa shape index (κ2) is 7.48. The van der Waals surface area contributed by atoms with E-state index >= 15 is 0 Å². The number of halogens is 1. The molecule has 0 unspecified atom stereocenters. The summed E-state index contributed by atoms with van der Waals surface area (Å²) in [5.41, 5.74) is 1.43. The SMILES string of the molecule is CC(C)(CCO)CNC1CCN(c2ccc(Cl)cc2)CC1. The smallest absolute Gasteiger partial charge is 0.0436 e. The summed E-state index contributed by atoms with van der Waals surface area (Å²) in [7, 11) is 0. The molecule has 2 rings (SSSR count). The fourth-order valence-corrected chi connectivity index (χ4v) is 2.93. The number of rotatable bonds is 6. The summed E-state index contributed by atoms with van der Waals surface area (Å²) in [6, 6.07) is 8.70. The third kappa shape index (κ3) is 5.17. The Morgan fingerprint density at radius 3 is 2.43 bits per heavy atom. The first-order chi connectivity index (χ1) is 10.00. The lowest BCUT2D eigenvalue weighted by molar-refractivity contribution is 0.200. The molecule has 0 amide bonds. The minimum atomic E-state index is 0.169. The standard InChI is InChI=1S/C17H27ClN2O/c1-17(2,9-12-21)13-19-15-7-10-20(11-8-15)16-5-3-14(18)4-6-16/h3-6,15,19,21H,7-13H2,1-2H3. The van der Waals surface area contributed by atoms with Gasteiger partial charge in [-0.3, -0.25) is 0 Å². The molecule has 3 nitrogen and oxygen atoms in total. The topological polar surface area (TPSA) is 35.5 Å². The van der Waals surface area contributed by atoms with Crippen molar-refractivity contribution in [2.24, 2.45) is 5.41 Å². The largest absolute Gasteiger partial charge is 0.396 e. The summed E-state index contributed by atoms with van der Waals surface area (Å²) in [5.74, 6) is 0. The molecule has 0 aromatic heterocycles. The van der Waals surface area contributed by atoms with Crippen molar-refractivity contribution >= 4 is 17.3 Å². The summed E-state index contributed by atoms with van der Waals surface area (Å²) in [6.07, 6.45) is 3.18. The second-order valence-corrected chi connectivity index (χ2v) is 7.19. The summed E-state index contributed by atoms with van der Waals surface area (Å²) in [5, 5.41) is 13.5. The third-order valence-electron chi connectivity index (χ3n) is 4.34. The predicted octanol–water partition coefficient (Wildman–Crippen LogP) is 3.31. The van der Waals surface area contributed by atoms with Crippen LogP contribution in [0, 0.1) is 5.41 Å². The third-order valence-corrected chi connectivity index (χ3v) is 4.60. The fraction of sp³-hybridized carbons (Fsp3) is 0.647. The van der Waals surface area contributed by atoms with Gasteiger partial charge >= 0.3 is 0 Å². The van der Waals surface area contributed by atoms with Gasteiger partial charge in [0, 0.05) is 43.0 Å². The van der Waals surface area contributed by atoms with Crippen LogP contribution in [0.25, 0.3) is 0 Å². The highest BCUT2D eigenvalue weighted by atomic mass is 35.5. The zero-order chi connectivity index (χ0) is 15.3. The molecule has 0 saturated carbocycles. The number of hydrogen-bond acceptors (Lipinski definition) is 3. The van der Waals surface area contributed by atoms with Crippen LogP contribution in [0.15, 0.2) is 24.3 Å². The van der Waals surface area contributed by atoms with E-state index < -0.39 is 0 Å². The number of anilines is 1. The molecule has 0 aliphatic carbocycles. The van der Waals surface area contributed by atoms with E-state index in [-0.39, 0.29) is 12.0 Å². The predicted molar refractivity (Wildman–Crippen MR) is 90.2 cm³/mol. The zero-order valence-corrected chi connectivity index (χ0v) is 13.9. The summed E-state index contributed by atoms with van der Waals surface area (Å²) >= 11 is 5.94. The van der Waals surface area contributed by atoms with Crippen LogP contribution in [-0.4, -0.2) is 37.4 Å². The van der Waals surface area contributed by atoms with E-state index in [1.807, 2.05) is 12.1 Å². The molecule has 21 heavy (non-hydrogen) atoms. The van der Waals surface area contributed by atoms with Crippen molar-refractivity contribution in [3.05, 3.63) is 29.3 Å². The van der Waals surface area contributed by atoms with Gasteiger partial charge in [-0.2, -0.15) is 0 Å². The van der Waals surface area contributed by atoms with Crippen LogP contribution >= 0.6 is 11.6 Å². The summed E-state index contributed by atoms with van der Waals surface area (Å²) in [4.78, 5) is 2.42. The monoisotopic (exact) mass is 310 g/mol. The van der Waals surface area contributed by atoms with Crippen LogP contribution in [-0.2, 0) is 0 Å². The molecule has 118 valence electrons. The van der Waals surface area contributed by atoms with Crippen molar-refractivity contribution in [3.8, 4) is 0 Å². The Bertz CT molecular complexity index is 425. The van der Waals surface area contributed by atoms with E-state index in [1.165, 1.54) is 5.69 Å². The number of aliphatic hydroxyl groups is 1. The highest BCUT2D eigenvalue weighted by Gasteiger charge is 2.22. The molecule has 2 N–H and O–H groups in total. The van der Waals surface area contributed by atoms with Gasteiger partial charge in [0.25, 0.3) is 0 Å². The first kappa shape index (κ1) is 16.6. The maximum atomic E-state index is 9.08. The Morgan fingerprint density at radius 1 is 1.24 bits per heavy atom. The molecule has 0 atom stereocenters. The Morgan fingerprint density at radius 2 is 1.86 bits per heavy atom. The number of nitrogens with one attached hydrogen (secondary N) is 1. The molecule has 1 heterocycles. The van der Waals surface area contributed by atoms with Crippen molar-refractivity contribution < 1.29 is 5.11 Å². The molecule has 0 radical (unpaired) electrons. The molecular formula is C17H27ClN2O. The quantitative estimate of drug-likeness (QED) is 0.846. The lowest BCUT2D eigenvalue weighted by Crippen LogP contribution is -2.45. The fourth-order valence-electron chi connectivity index (χ4n) is 2.81. The zero-order valence-electron chi connectivity index (χ0n) is 13.1. The van der Waals surface area contributed by atoms with E-state index in [0.717, 1.165) is 43.9 Å². The molecule has 1 aromatic rings. The Labute approximate surface area is 133 Å². The van der Waals surface area contributed by atoms with Crippen molar-refractivity contribution in [2.75, 3.05) is 31.1 Å². The normalized spacial score (nSPS) is 17.2. The first-order valence-corrected chi connectivity index (χ1v) is 8.23. The maximum absolute atomic E-state index is 9.08.